The summed E-state index contributed by atoms with van der Waals surface area (Å²) in [5.41, 5.74) is 0. The number of carbonyl (C=O) groups is 1. The molecule has 6 heteroatoms. The van der Waals surface area contributed by atoms with Gasteiger partial charge in [-0.15, -0.1) is 5.10 Å². The van der Waals surface area contributed by atoms with Gasteiger partial charge in [-0.2, -0.15) is 0 Å². The van der Waals surface area contributed by atoms with E-state index in [2.05, 4.69) is 15.4 Å². The van der Waals surface area contributed by atoms with Gasteiger partial charge in [-0.25, -0.2) is 4.98 Å². The van der Waals surface area contributed by atoms with Crippen LogP contribution in [0.4, 0.5) is 0 Å². The maximum absolute atomic E-state index is 11.6. The second kappa shape index (κ2) is 3.03. The van der Waals surface area contributed by atoms with Crippen LogP contribution >= 0.6 is 0 Å². The van der Waals surface area contributed by atoms with Gasteiger partial charge in [0, 0.05) is 24.9 Å². The number of ether oxygens (including phenoxy) is 1. The smallest absolute Gasteiger partial charge is 0.291 e. The Hall–Kier alpha value is -1.43. The Morgan fingerprint density at radius 1 is 1.60 bits per heavy atom. The molecule has 6 nitrogen and oxygen atoms in total. The third-order valence-corrected chi connectivity index (χ3v) is 3.05. The molecule has 2 fully saturated rings. The number of hydrogen-bond donors (Lipinski definition) is 1. The highest BCUT2D eigenvalue weighted by atomic mass is 16.5. The summed E-state index contributed by atoms with van der Waals surface area (Å²) < 4.78 is 6.76. The summed E-state index contributed by atoms with van der Waals surface area (Å²) in [5, 5.41) is 6.88. The maximum atomic E-state index is 11.6. The number of rotatable bonds is 2. The summed E-state index contributed by atoms with van der Waals surface area (Å²) >= 11 is 0. The molecule has 1 unspecified atom stereocenters. The van der Waals surface area contributed by atoms with Crippen LogP contribution < -0.4 is 5.32 Å². The van der Waals surface area contributed by atoms with E-state index >= 15 is 0 Å². The highest BCUT2D eigenvalue weighted by Crippen LogP contribution is 2.44. The number of nitrogens with one attached hydrogen (secondary N) is 1. The Morgan fingerprint density at radius 3 is 2.93 bits per heavy atom. The lowest BCUT2D eigenvalue weighted by molar-refractivity contribution is 0.0918. The van der Waals surface area contributed by atoms with Gasteiger partial charge in [0.05, 0.1) is 13.2 Å². The Bertz CT molecular complexity index is 393. The molecule has 2 heterocycles. The molecule has 3 atom stereocenters. The topological polar surface area (TPSA) is 69.0 Å². The van der Waals surface area contributed by atoms with Gasteiger partial charge in [-0.05, 0) is 0 Å². The predicted octanol–water partition coefficient (Wildman–Crippen LogP) is -0.810. The Kier molecular flexibility index (Phi) is 1.79. The summed E-state index contributed by atoms with van der Waals surface area (Å²) in [4.78, 5) is 15.5. The van der Waals surface area contributed by atoms with Crippen LogP contribution in [0.5, 0.6) is 0 Å². The van der Waals surface area contributed by atoms with Gasteiger partial charge in [0.1, 0.15) is 6.33 Å². The minimum absolute atomic E-state index is 0.185. The van der Waals surface area contributed by atoms with Crippen molar-refractivity contribution < 1.29 is 9.53 Å². The van der Waals surface area contributed by atoms with Crippen molar-refractivity contribution in [2.45, 2.75) is 6.04 Å². The van der Waals surface area contributed by atoms with Gasteiger partial charge in [0.2, 0.25) is 5.82 Å². The molecule has 1 saturated carbocycles. The van der Waals surface area contributed by atoms with Crippen LogP contribution in [0.2, 0.25) is 0 Å². The average molecular weight is 208 g/mol. The normalized spacial score (nSPS) is 32.5. The SMILES string of the molecule is Cn1cnc(C(=O)NC2[C@H]3COC[C@@H]23)n1. The van der Waals surface area contributed by atoms with Crippen molar-refractivity contribution >= 4 is 5.91 Å². The van der Waals surface area contributed by atoms with E-state index in [-0.39, 0.29) is 17.8 Å². The van der Waals surface area contributed by atoms with Crippen molar-refractivity contribution in [3.63, 3.8) is 0 Å². The van der Waals surface area contributed by atoms with Gasteiger partial charge in [-0.3, -0.25) is 9.48 Å². The molecule has 1 aromatic rings. The third kappa shape index (κ3) is 1.41. The fourth-order valence-electron chi connectivity index (χ4n) is 2.11. The number of amides is 1. The first-order valence-electron chi connectivity index (χ1n) is 5.00. The van der Waals surface area contributed by atoms with Crippen LogP contribution in [-0.2, 0) is 11.8 Å². The maximum Gasteiger partial charge on any atom is 0.291 e. The van der Waals surface area contributed by atoms with E-state index in [0.29, 0.717) is 11.8 Å². The van der Waals surface area contributed by atoms with Crippen molar-refractivity contribution in [3.05, 3.63) is 12.2 Å². The summed E-state index contributed by atoms with van der Waals surface area (Å²) in [6, 6.07) is 0.273. The summed E-state index contributed by atoms with van der Waals surface area (Å²) in [6.07, 6.45) is 1.52. The van der Waals surface area contributed by atoms with Crippen molar-refractivity contribution in [1.29, 1.82) is 0 Å². The van der Waals surface area contributed by atoms with E-state index in [4.69, 9.17) is 4.74 Å². The molecule has 0 bridgehead atoms. The zero-order valence-electron chi connectivity index (χ0n) is 8.38. The number of aromatic nitrogens is 3. The van der Waals surface area contributed by atoms with Crippen molar-refractivity contribution in [2.24, 2.45) is 18.9 Å². The third-order valence-electron chi connectivity index (χ3n) is 3.05. The first-order valence-corrected chi connectivity index (χ1v) is 5.00. The molecule has 0 spiro atoms. The number of nitrogens with zero attached hydrogens (tertiary/aromatic N) is 3. The zero-order valence-corrected chi connectivity index (χ0v) is 8.38. The molecular formula is C9H12N4O2. The molecule has 3 rings (SSSR count). The van der Waals surface area contributed by atoms with Gasteiger partial charge >= 0.3 is 0 Å². The highest BCUT2D eigenvalue weighted by molar-refractivity contribution is 5.90. The second-order valence-corrected chi connectivity index (χ2v) is 4.11. The van der Waals surface area contributed by atoms with Crippen molar-refractivity contribution in [1.82, 2.24) is 20.1 Å². The standard InChI is InChI=1S/C9H12N4O2/c1-13-4-10-8(12-13)9(14)11-7-5-2-15-3-6(5)7/h4-7H,2-3H2,1H3,(H,11,14)/t5-,6+,7?. The number of fused-ring (bicyclic) bond motifs is 1. The molecule has 1 aliphatic carbocycles. The van der Waals surface area contributed by atoms with Gasteiger partial charge < -0.3 is 10.1 Å². The van der Waals surface area contributed by atoms with Gasteiger partial charge in [-0.1, -0.05) is 0 Å². The molecule has 0 aromatic carbocycles. The second-order valence-electron chi connectivity index (χ2n) is 4.11. The molecule has 15 heavy (non-hydrogen) atoms. The molecule has 1 saturated heterocycles. The number of aryl methyl sites for hydroxylation is 1. The van der Waals surface area contributed by atoms with Crippen molar-refractivity contribution in [3.8, 4) is 0 Å². The number of carbonyl (C=O) groups excluding carboxylic acids is 1. The lowest BCUT2D eigenvalue weighted by atomic mass is 10.4. The molecule has 1 aliphatic heterocycles. The molecular weight excluding hydrogens is 196 g/mol. The summed E-state index contributed by atoms with van der Waals surface area (Å²) in [5.74, 6) is 1.08. The summed E-state index contributed by atoms with van der Waals surface area (Å²) in [6.45, 7) is 1.54. The van der Waals surface area contributed by atoms with Crippen LogP contribution in [0.15, 0.2) is 6.33 Å². The van der Waals surface area contributed by atoms with Crippen LogP contribution in [0, 0.1) is 11.8 Å². The van der Waals surface area contributed by atoms with E-state index in [1.165, 1.54) is 11.0 Å². The van der Waals surface area contributed by atoms with E-state index in [1.54, 1.807) is 7.05 Å². The van der Waals surface area contributed by atoms with Crippen LogP contribution in [-0.4, -0.2) is 39.9 Å². The predicted molar refractivity (Wildman–Crippen MR) is 50.1 cm³/mol. The Balaban J connectivity index is 1.62. The fourth-order valence-corrected chi connectivity index (χ4v) is 2.11. The fraction of sp³-hybridized carbons (Fsp3) is 0.667. The van der Waals surface area contributed by atoms with E-state index < -0.39 is 0 Å². The first kappa shape index (κ1) is 8.84. The molecule has 1 N–H and O–H groups in total. The van der Waals surface area contributed by atoms with Gasteiger partial charge in [0.25, 0.3) is 5.91 Å². The minimum atomic E-state index is -0.185. The Labute approximate surface area is 86.6 Å². The quantitative estimate of drug-likeness (QED) is 0.690. The molecule has 2 aliphatic rings. The monoisotopic (exact) mass is 208 g/mol. The molecule has 80 valence electrons. The van der Waals surface area contributed by atoms with Crippen LogP contribution in [0.25, 0.3) is 0 Å². The van der Waals surface area contributed by atoms with E-state index in [1.807, 2.05) is 0 Å². The largest absolute Gasteiger partial charge is 0.381 e. The number of hydrogen-bond acceptors (Lipinski definition) is 4. The first-order chi connectivity index (χ1) is 7.25. The van der Waals surface area contributed by atoms with Crippen molar-refractivity contribution in [2.75, 3.05) is 13.2 Å². The van der Waals surface area contributed by atoms with E-state index in [9.17, 15) is 4.79 Å². The Morgan fingerprint density at radius 2 is 2.33 bits per heavy atom. The highest BCUT2D eigenvalue weighted by Gasteiger charge is 2.54. The van der Waals surface area contributed by atoms with Crippen LogP contribution in [0.1, 0.15) is 10.6 Å². The lowest BCUT2D eigenvalue weighted by Gasteiger charge is -2.04. The van der Waals surface area contributed by atoms with E-state index in [0.717, 1.165) is 13.2 Å². The minimum Gasteiger partial charge on any atom is -0.381 e. The zero-order chi connectivity index (χ0) is 10.4. The molecule has 1 amide bonds. The van der Waals surface area contributed by atoms with Gasteiger partial charge in [0.15, 0.2) is 0 Å². The van der Waals surface area contributed by atoms with Crippen LogP contribution in [0.3, 0.4) is 0 Å². The molecule has 0 radical (unpaired) electrons. The lowest BCUT2D eigenvalue weighted by Crippen LogP contribution is -2.30. The summed E-state index contributed by atoms with van der Waals surface area (Å²) in [7, 11) is 1.74. The average Bonchev–Trinajstić information content (AvgIpc) is 2.66. The molecule has 1 aromatic heterocycles.